The predicted octanol–water partition coefficient (Wildman–Crippen LogP) is 39.7. The minimum absolute atomic E-state index is 0.413. The van der Waals surface area contributed by atoms with Crippen LogP contribution < -0.4 is 0 Å². The molecule has 0 spiro atoms. The van der Waals surface area contributed by atoms with Crippen molar-refractivity contribution >= 4 is 0 Å². The molecule has 144 heavy (non-hydrogen) atoms. The van der Waals surface area contributed by atoms with Gasteiger partial charge >= 0.3 is 0 Å². The van der Waals surface area contributed by atoms with Gasteiger partial charge in [-0.05, 0) is 406 Å². The van der Waals surface area contributed by atoms with E-state index >= 15 is 0 Å². The van der Waals surface area contributed by atoms with Crippen LogP contribution in [0.2, 0.25) is 0 Å². The molecule has 11 saturated carbocycles. The van der Waals surface area contributed by atoms with Crippen LogP contribution in [0.15, 0.2) is 109 Å². The maximum Gasteiger partial charge on any atom is 0.0756 e. The van der Waals surface area contributed by atoms with Gasteiger partial charge in [0.2, 0.25) is 0 Å². The van der Waals surface area contributed by atoms with Gasteiger partial charge in [0.15, 0.2) is 0 Å². The predicted molar refractivity (Wildman–Crippen MR) is 622 cm³/mol. The van der Waals surface area contributed by atoms with Crippen LogP contribution >= 0.6 is 0 Å². The molecule has 0 bridgehead atoms. The van der Waals surface area contributed by atoms with Crippen LogP contribution in [-0.4, -0.2) is 89.0 Å². The fourth-order valence-electron chi connectivity index (χ4n) is 26.3. The molecule has 7 aliphatic heterocycles. The van der Waals surface area contributed by atoms with Crippen molar-refractivity contribution in [2.45, 2.75) is 540 Å². The van der Waals surface area contributed by atoms with E-state index in [4.69, 9.17) is 33.2 Å². The molecule has 7 nitrogen and oxygen atoms in total. The molecule has 0 aromatic carbocycles. The maximum atomic E-state index is 5.82. The van der Waals surface area contributed by atoms with Gasteiger partial charge < -0.3 is 33.2 Å². The molecule has 7 heteroatoms. The summed E-state index contributed by atoms with van der Waals surface area (Å²) in [7, 11) is 0. The zero-order valence-electron chi connectivity index (χ0n) is 98.0. The fourth-order valence-corrected chi connectivity index (χ4v) is 26.3. The molecule has 0 amide bonds. The van der Waals surface area contributed by atoms with Crippen LogP contribution in [-0.2, 0) is 33.2 Å². The lowest BCUT2D eigenvalue weighted by Crippen LogP contribution is -2.22. The lowest BCUT2D eigenvalue weighted by Gasteiger charge is -2.26. The Bertz CT molecular complexity index is 2450. The van der Waals surface area contributed by atoms with E-state index in [0.29, 0.717) is 60.5 Å². The molecule has 7 saturated heterocycles. The normalized spacial score (nSPS) is 41.4. The lowest BCUT2D eigenvalue weighted by molar-refractivity contribution is 0.00739. The largest absolute Gasteiger partial charge is 0.378 e. The van der Waals surface area contributed by atoms with E-state index < -0.39 is 0 Å². The number of hydrogen-bond acceptors (Lipinski definition) is 7. The van der Waals surface area contributed by atoms with Crippen molar-refractivity contribution in [3.8, 4) is 0 Å². The number of allylic oxidation sites excluding steroid dienone is 11. The van der Waals surface area contributed by atoms with Gasteiger partial charge in [-0.1, -0.05) is 354 Å². The Labute approximate surface area is 894 Å². The van der Waals surface area contributed by atoms with E-state index in [1.165, 1.54) is 372 Å². The molecule has 18 fully saturated rings. The number of hydrogen-bond donors (Lipinski definition) is 0. The van der Waals surface area contributed by atoms with Gasteiger partial charge in [0.05, 0.1) is 62.5 Å². The molecule has 0 aromatic heterocycles. The smallest absolute Gasteiger partial charge is 0.0756 e. The van der Waals surface area contributed by atoms with Gasteiger partial charge in [0.1, 0.15) is 0 Å². The van der Waals surface area contributed by atoms with Crippen LogP contribution in [0.3, 0.4) is 0 Å². The monoisotopic (exact) mass is 2000 g/mol. The summed E-state index contributed by atoms with van der Waals surface area (Å²) < 4.78 is 40.4. The molecule has 14 atom stereocenters. The molecular formula is C137H238O7. The average molecular weight is 2000 g/mol. The van der Waals surface area contributed by atoms with Crippen molar-refractivity contribution in [1.29, 1.82) is 0 Å². The van der Waals surface area contributed by atoms with Gasteiger partial charge in [-0.3, -0.25) is 0 Å². The quantitative estimate of drug-likeness (QED) is 0.127. The van der Waals surface area contributed by atoms with Crippen LogP contribution in [0.1, 0.15) is 497 Å². The molecule has 0 aromatic rings. The first-order chi connectivity index (χ1) is 69.6. The Morgan fingerprint density at radius 1 is 0.0972 bits per heavy atom. The van der Waals surface area contributed by atoms with Gasteiger partial charge in [-0.15, -0.1) is 0 Å². The Morgan fingerprint density at radius 2 is 0.208 bits per heavy atom. The summed E-state index contributed by atoms with van der Waals surface area (Å²) in [6.45, 7) is 48.6. The van der Waals surface area contributed by atoms with Gasteiger partial charge in [-0.25, -0.2) is 0 Å². The number of rotatable bonds is 18. The van der Waals surface area contributed by atoms with Crippen LogP contribution in [0, 0.1) is 172 Å². The van der Waals surface area contributed by atoms with E-state index in [9.17, 15) is 0 Å². The fraction of sp³-hybridized carbons (Fsp3) is 0.869. The van der Waals surface area contributed by atoms with Crippen molar-refractivity contribution in [2.75, 3.05) is 46.2 Å². The van der Waals surface area contributed by atoms with E-state index in [1.54, 1.807) is 0 Å². The zero-order valence-corrected chi connectivity index (χ0v) is 98.0. The number of ether oxygens (including phenoxy) is 7. The topological polar surface area (TPSA) is 64.6 Å². The molecule has 7 heterocycles. The van der Waals surface area contributed by atoms with E-state index in [2.05, 4.69) is 234 Å². The van der Waals surface area contributed by atoms with Crippen molar-refractivity contribution < 1.29 is 33.2 Å². The molecular weight excluding hydrogens is 1760 g/mol. The maximum absolute atomic E-state index is 5.82. The van der Waals surface area contributed by atoms with Crippen molar-refractivity contribution in [2.24, 2.45) is 172 Å². The molecule has 14 unspecified atom stereocenters. The highest BCUT2D eigenvalue weighted by atomic mass is 16.5. The van der Waals surface area contributed by atoms with Crippen LogP contribution in [0.4, 0.5) is 0 Å². The Hall–Kier alpha value is -2.62. The summed E-state index contributed by atoms with van der Waals surface area (Å²) in [5.74, 6) is 25.3. The second kappa shape index (κ2) is 71.4. The standard InChI is InChI=1S/2C16H28.7C15H26O/c2*1-13-3-7-15(8-4-13)11-12-16-9-5-14(2)6-10-16;4*1-12-3-6-14(7-4-12)8-10-15-9-5-13(2)11-16-15;3*1-12-3-6-14(7-4-12)9-10-15-8-5-13(2)16-11-15/h2*11-16H,3-10H2,1-2H3;4*8,10,12-15H,3-7,9,11H2,1-2H3;3*9-10,12-15H,3-8,11H2,1-2H3. The average Bonchev–Trinajstić information content (AvgIpc) is 0.921. The minimum Gasteiger partial charge on any atom is -0.378 e. The van der Waals surface area contributed by atoms with Crippen LogP contribution in [0.5, 0.6) is 0 Å². The van der Waals surface area contributed by atoms with E-state index in [0.717, 1.165) is 200 Å². The first-order valence-corrected chi connectivity index (χ1v) is 64.1. The van der Waals surface area contributed by atoms with Crippen molar-refractivity contribution in [3.05, 3.63) is 109 Å². The summed E-state index contributed by atoms with van der Waals surface area (Å²) in [6.07, 6.45) is 128. The second-order valence-electron chi connectivity index (χ2n) is 54.3. The third-order valence-corrected chi connectivity index (χ3v) is 39.1. The summed E-state index contributed by atoms with van der Waals surface area (Å²) >= 11 is 0. The lowest BCUT2D eigenvalue weighted by atomic mass is 9.80. The van der Waals surface area contributed by atoms with Gasteiger partial charge in [0, 0.05) is 44.2 Å². The highest BCUT2D eigenvalue weighted by molar-refractivity contribution is 5.05. The molecule has 0 radical (unpaired) electrons. The second-order valence-corrected chi connectivity index (χ2v) is 54.3. The molecule has 828 valence electrons. The molecule has 18 rings (SSSR count). The highest BCUT2D eigenvalue weighted by Gasteiger charge is 2.30. The van der Waals surface area contributed by atoms with Gasteiger partial charge in [0.25, 0.3) is 0 Å². The van der Waals surface area contributed by atoms with Crippen molar-refractivity contribution in [1.82, 2.24) is 0 Å². The highest BCUT2D eigenvalue weighted by Crippen LogP contribution is 2.41. The first-order valence-electron chi connectivity index (χ1n) is 64.1. The summed E-state index contributed by atoms with van der Waals surface area (Å²) in [5, 5.41) is 0. The van der Waals surface area contributed by atoms with E-state index in [-0.39, 0.29) is 0 Å². The Kier molecular flexibility index (Phi) is 61.1. The summed E-state index contributed by atoms with van der Waals surface area (Å²) in [6, 6.07) is 0. The SMILES string of the molecule is CC1CCC(C=CC2CCC(C)CC2)CC1.CC1CCC(C=CC2CCC(C)CC2)CC1.CC1CCC(C=CC2CCC(C)CO2)CC1.CC1CCC(C=CC2CCC(C)CO2)CC1.CC1CCC(C=CC2CCC(C)CO2)CC1.CC1CCC(C=CC2CCC(C)CO2)CC1.CC1CCC(C=CC2CCC(C)OC2)CC1.CC1CCC(C=CC2CCC(C)OC2)CC1.CC1CCC(C=CC2CCC(C)OC2)CC1. The molecule has 0 N–H and O–H groups in total. The Morgan fingerprint density at radius 3 is 0.319 bits per heavy atom. The minimum atomic E-state index is 0.413. The Balaban J connectivity index is 0.000000166. The third-order valence-electron chi connectivity index (χ3n) is 39.1. The van der Waals surface area contributed by atoms with Crippen molar-refractivity contribution in [3.63, 3.8) is 0 Å². The molecule has 11 aliphatic carbocycles. The van der Waals surface area contributed by atoms with Gasteiger partial charge in [-0.2, -0.15) is 0 Å². The van der Waals surface area contributed by atoms with E-state index in [1.807, 2.05) is 0 Å². The summed E-state index contributed by atoms with van der Waals surface area (Å²) in [4.78, 5) is 0. The third kappa shape index (κ3) is 54.0. The zero-order chi connectivity index (χ0) is 102. The van der Waals surface area contributed by atoms with Crippen LogP contribution in [0.25, 0.3) is 0 Å². The first kappa shape index (κ1) is 123. The molecule has 18 aliphatic rings. The summed E-state index contributed by atoms with van der Waals surface area (Å²) in [5.41, 5.74) is 0.